The Kier molecular flexibility index (Phi) is 2.41. The van der Waals surface area contributed by atoms with Crippen LogP contribution < -0.4 is 0 Å². The van der Waals surface area contributed by atoms with Crippen LogP contribution in [0.4, 0.5) is 0 Å². The molecule has 1 saturated carbocycles. The maximum Gasteiger partial charge on any atom is 0.271 e. The Hall–Kier alpha value is -1.40. The minimum absolute atomic E-state index is 0.172. The van der Waals surface area contributed by atoms with Crippen LogP contribution in [0.5, 0.6) is 5.75 Å². The lowest BCUT2D eigenvalue weighted by Gasteiger charge is -2.37. The van der Waals surface area contributed by atoms with Crippen molar-refractivity contribution in [3.8, 4) is 16.5 Å². The van der Waals surface area contributed by atoms with E-state index in [0.29, 0.717) is 16.6 Å². The van der Waals surface area contributed by atoms with Gasteiger partial charge in [-0.05, 0) is 30.7 Å². The molecule has 2 aromatic heterocycles. The smallest absolute Gasteiger partial charge is 0.271 e. The number of ether oxygens (including phenoxy) is 1. The van der Waals surface area contributed by atoms with E-state index in [1.165, 1.54) is 11.3 Å². The zero-order valence-electron chi connectivity index (χ0n) is 9.34. The molecule has 3 rings (SSSR count). The van der Waals surface area contributed by atoms with E-state index < -0.39 is 0 Å². The van der Waals surface area contributed by atoms with Crippen LogP contribution >= 0.6 is 11.3 Å². The summed E-state index contributed by atoms with van der Waals surface area (Å²) in [6.07, 6.45) is 2.94. The molecule has 0 aromatic carbocycles. The van der Waals surface area contributed by atoms with Gasteiger partial charge in [0.15, 0.2) is 0 Å². The van der Waals surface area contributed by atoms with Crippen molar-refractivity contribution in [2.24, 2.45) is 0 Å². The Balaban J connectivity index is 1.96. The summed E-state index contributed by atoms with van der Waals surface area (Å²) in [7, 11) is 1.66. The topological polar surface area (TPSA) is 68.4 Å². The zero-order chi connectivity index (χ0) is 11.9. The minimum Gasteiger partial charge on any atom is -0.506 e. The van der Waals surface area contributed by atoms with Crippen molar-refractivity contribution in [2.45, 2.75) is 24.9 Å². The largest absolute Gasteiger partial charge is 0.506 e. The van der Waals surface area contributed by atoms with Crippen LogP contribution in [0.25, 0.3) is 10.8 Å². The highest BCUT2D eigenvalue weighted by Crippen LogP contribution is 2.44. The first-order valence-electron chi connectivity index (χ1n) is 5.41. The quantitative estimate of drug-likeness (QED) is 0.909. The molecule has 0 radical (unpaired) electrons. The van der Waals surface area contributed by atoms with Gasteiger partial charge in [-0.15, -0.1) is 11.3 Å². The Morgan fingerprint density at radius 3 is 2.88 bits per heavy atom. The molecule has 2 heterocycles. The molecule has 0 amide bonds. The Bertz CT molecular complexity index is 525. The van der Waals surface area contributed by atoms with Crippen molar-refractivity contribution in [1.82, 2.24) is 10.1 Å². The predicted octanol–water partition coefficient (Wildman–Crippen LogP) is 2.53. The monoisotopic (exact) mass is 252 g/mol. The fourth-order valence-corrected chi connectivity index (χ4v) is 2.69. The molecule has 1 aliphatic carbocycles. The maximum atomic E-state index is 9.60. The molecule has 2 aromatic rings. The summed E-state index contributed by atoms with van der Waals surface area (Å²) in [5, 5.41) is 15.3. The molecular weight excluding hydrogens is 240 g/mol. The van der Waals surface area contributed by atoms with Crippen LogP contribution in [0.1, 0.15) is 25.1 Å². The van der Waals surface area contributed by atoms with Crippen LogP contribution in [0.3, 0.4) is 0 Å². The number of rotatable bonds is 3. The number of methoxy groups -OCH3 is 1. The molecule has 90 valence electrons. The van der Waals surface area contributed by atoms with E-state index in [4.69, 9.17) is 9.26 Å². The Morgan fingerprint density at radius 2 is 2.35 bits per heavy atom. The number of thiophene rings is 1. The summed E-state index contributed by atoms with van der Waals surface area (Å²) >= 11 is 1.37. The number of aromatic nitrogens is 2. The van der Waals surface area contributed by atoms with E-state index in [1.54, 1.807) is 18.6 Å². The molecule has 0 aliphatic heterocycles. The highest BCUT2D eigenvalue weighted by molar-refractivity contribution is 7.13. The van der Waals surface area contributed by atoms with Crippen molar-refractivity contribution in [1.29, 1.82) is 0 Å². The van der Waals surface area contributed by atoms with Gasteiger partial charge in [-0.1, -0.05) is 5.16 Å². The van der Waals surface area contributed by atoms with Gasteiger partial charge >= 0.3 is 0 Å². The van der Waals surface area contributed by atoms with Gasteiger partial charge in [0.2, 0.25) is 5.82 Å². The third-order valence-electron chi connectivity index (χ3n) is 3.22. The van der Waals surface area contributed by atoms with Crippen molar-refractivity contribution < 1.29 is 14.4 Å². The number of hydrogen-bond donors (Lipinski definition) is 1. The summed E-state index contributed by atoms with van der Waals surface area (Å²) in [6.45, 7) is 0. The second-order valence-electron chi connectivity index (χ2n) is 4.11. The molecule has 0 bridgehead atoms. The standard InChI is InChI=1S/C11H12N2O3S/c1-15-11(4-2-5-11)10-12-9(16-13-10)8-7(14)3-6-17-8/h3,6,14H,2,4-5H2,1H3. The van der Waals surface area contributed by atoms with Crippen LogP contribution in [0, 0.1) is 0 Å². The zero-order valence-corrected chi connectivity index (χ0v) is 10.2. The van der Waals surface area contributed by atoms with Gasteiger partial charge in [0.05, 0.1) is 0 Å². The number of aromatic hydroxyl groups is 1. The molecular formula is C11H12N2O3S. The first kappa shape index (κ1) is 10.7. The fraction of sp³-hybridized carbons (Fsp3) is 0.455. The van der Waals surface area contributed by atoms with Crippen molar-refractivity contribution in [3.63, 3.8) is 0 Å². The summed E-state index contributed by atoms with van der Waals surface area (Å²) in [6, 6.07) is 1.61. The summed E-state index contributed by atoms with van der Waals surface area (Å²) in [5.74, 6) is 1.11. The second-order valence-corrected chi connectivity index (χ2v) is 5.03. The van der Waals surface area contributed by atoms with Crippen molar-refractivity contribution in [2.75, 3.05) is 7.11 Å². The SMILES string of the molecule is COC1(c2noc(-c3sccc3O)n2)CCC1. The van der Waals surface area contributed by atoms with Gasteiger partial charge in [0.25, 0.3) is 5.89 Å². The maximum absolute atomic E-state index is 9.60. The highest BCUT2D eigenvalue weighted by atomic mass is 32.1. The summed E-state index contributed by atoms with van der Waals surface area (Å²) in [4.78, 5) is 4.93. The van der Waals surface area contributed by atoms with Crippen molar-refractivity contribution in [3.05, 3.63) is 17.3 Å². The van der Waals surface area contributed by atoms with Gasteiger partial charge in [0, 0.05) is 7.11 Å². The lowest BCUT2D eigenvalue weighted by molar-refractivity contribution is -0.0858. The van der Waals surface area contributed by atoms with Crippen LogP contribution in [-0.2, 0) is 10.3 Å². The molecule has 1 aliphatic rings. The van der Waals surface area contributed by atoms with E-state index in [0.717, 1.165) is 19.3 Å². The number of nitrogens with zero attached hydrogens (tertiary/aromatic N) is 2. The first-order valence-corrected chi connectivity index (χ1v) is 6.29. The van der Waals surface area contributed by atoms with Gasteiger partial charge < -0.3 is 14.4 Å². The average Bonchev–Trinajstić information content (AvgIpc) is 2.86. The van der Waals surface area contributed by atoms with E-state index in [1.807, 2.05) is 0 Å². The van der Waals surface area contributed by atoms with Crippen LogP contribution in [-0.4, -0.2) is 22.4 Å². The number of hydrogen-bond acceptors (Lipinski definition) is 6. The minimum atomic E-state index is -0.380. The highest BCUT2D eigenvalue weighted by Gasteiger charge is 2.43. The molecule has 6 heteroatoms. The van der Waals surface area contributed by atoms with E-state index in [9.17, 15) is 5.11 Å². The van der Waals surface area contributed by atoms with Crippen LogP contribution in [0.2, 0.25) is 0 Å². The molecule has 1 fully saturated rings. The molecule has 0 saturated heterocycles. The van der Waals surface area contributed by atoms with Gasteiger partial charge in [-0.2, -0.15) is 4.98 Å². The molecule has 0 spiro atoms. The second kappa shape index (κ2) is 3.82. The molecule has 17 heavy (non-hydrogen) atoms. The summed E-state index contributed by atoms with van der Waals surface area (Å²) in [5.41, 5.74) is -0.380. The summed E-state index contributed by atoms with van der Waals surface area (Å²) < 4.78 is 10.7. The normalized spacial score (nSPS) is 17.9. The molecule has 0 unspecified atom stereocenters. The van der Waals surface area contributed by atoms with Gasteiger partial charge in [-0.25, -0.2) is 0 Å². The fourth-order valence-electron chi connectivity index (χ4n) is 1.98. The molecule has 0 atom stereocenters. The lowest BCUT2D eigenvalue weighted by atomic mass is 9.79. The third-order valence-corrected chi connectivity index (χ3v) is 4.12. The first-order chi connectivity index (χ1) is 8.25. The van der Waals surface area contributed by atoms with E-state index in [-0.39, 0.29) is 11.4 Å². The predicted molar refractivity (Wildman–Crippen MR) is 61.8 cm³/mol. The van der Waals surface area contributed by atoms with E-state index in [2.05, 4.69) is 10.1 Å². The molecule has 1 N–H and O–H groups in total. The molecule has 5 nitrogen and oxygen atoms in total. The van der Waals surface area contributed by atoms with Crippen molar-refractivity contribution >= 4 is 11.3 Å². The Morgan fingerprint density at radius 1 is 1.53 bits per heavy atom. The Labute approximate surface area is 102 Å². The lowest BCUT2D eigenvalue weighted by Crippen LogP contribution is -2.37. The average molecular weight is 252 g/mol. The third kappa shape index (κ3) is 1.56. The van der Waals surface area contributed by atoms with Gasteiger partial charge in [-0.3, -0.25) is 0 Å². The van der Waals surface area contributed by atoms with E-state index >= 15 is 0 Å². The van der Waals surface area contributed by atoms with Gasteiger partial charge in [0.1, 0.15) is 16.2 Å². The van der Waals surface area contributed by atoms with Crippen LogP contribution in [0.15, 0.2) is 16.0 Å².